The Kier molecular flexibility index (Phi) is 6.57. The minimum Gasteiger partial charge on any atom is -0.344 e. The molecule has 23 heavy (non-hydrogen) atoms. The van der Waals surface area contributed by atoms with Gasteiger partial charge in [-0.3, -0.25) is 4.79 Å². The number of rotatable bonds is 5. The van der Waals surface area contributed by atoms with Gasteiger partial charge in [0.1, 0.15) is 10.7 Å². The van der Waals surface area contributed by atoms with Crippen LogP contribution in [0.2, 0.25) is 0 Å². The number of carbonyl (C=O) groups excluding carboxylic acids is 1. The van der Waals surface area contributed by atoms with Gasteiger partial charge in [-0.25, -0.2) is 4.98 Å². The van der Waals surface area contributed by atoms with Crippen molar-refractivity contribution in [2.24, 2.45) is 11.7 Å². The molecule has 124 valence electrons. The lowest BCUT2D eigenvalue weighted by molar-refractivity contribution is 0.0917. The van der Waals surface area contributed by atoms with Crippen LogP contribution < -0.4 is 11.1 Å². The molecule has 1 fully saturated rings. The Labute approximate surface area is 146 Å². The SMILES string of the molecule is Cl.NCc1nc(C(=O)NC(c2ccccc2)C2CCCC2)cs1. The van der Waals surface area contributed by atoms with Gasteiger partial charge in [-0.2, -0.15) is 0 Å². The van der Waals surface area contributed by atoms with Crippen LogP contribution in [0.1, 0.15) is 52.8 Å². The topological polar surface area (TPSA) is 68.0 Å². The van der Waals surface area contributed by atoms with E-state index in [9.17, 15) is 4.79 Å². The number of halogens is 1. The smallest absolute Gasteiger partial charge is 0.271 e. The zero-order valence-electron chi connectivity index (χ0n) is 12.9. The van der Waals surface area contributed by atoms with E-state index < -0.39 is 0 Å². The Bertz CT molecular complexity index is 626. The van der Waals surface area contributed by atoms with Crippen molar-refractivity contribution < 1.29 is 4.79 Å². The molecule has 4 nitrogen and oxygen atoms in total. The lowest BCUT2D eigenvalue weighted by Crippen LogP contribution is -2.33. The maximum Gasteiger partial charge on any atom is 0.271 e. The van der Waals surface area contributed by atoms with E-state index in [2.05, 4.69) is 22.4 Å². The van der Waals surface area contributed by atoms with E-state index >= 15 is 0 Å². The second kappa shape index (κ2) is 8.43. The summed E-state index contributed by atoms with van der Waals surface area (Å²) in [5.41, 5.74) is 7.23. The summed E-state index contributed by atoms with van der Waals surface area (Å²) in [7, 11) is 0. The Morgan fingerprint density at radius 2 is 2.00 bits per heavy atom. The molecule has 0 saturated heterocycles. The van der Waals surface area contributed by atoms with Crippen molar-refractivity contribution >= 4 is 29.7 Å². The van der Waals surface area contributed by atoms with Crippen molar-refractivity contribution in [1.82, 2.24) is 10.3 Å². The van der Waals surface area contributed by atoms with E-state index in [4.69, 9.17) is 5.73 Å². The van der Waals surface area contributed by atoms with Gasteiger partial charge < -0.3 is 11.1 Å². The second-order valence-electron chi connectivity index (χ2n) is 5.74. The van der Waals surface area contributed by atoms with Gasteiger partial charge in [0, 0.05) is 11.9 Å². The van der Waals surface area contributed by atoms with E-state index in [-0.39, 0.29) is 24.4 Å². The summed E-state index contributed by atoms with van der Waals surface area (Å²) in [5, 5.41) is 5.77. The zero-order chi connectivity index (χ0) is 15.4. The summed E-state index contributed by atoms with van der Waals surface area (Å²) in [6, 6.07) is 10.3. The number of amides is 1. The highest BCUT2D eigenvalue weighted by Gasteiger charge is 2.28. The summed E-state index contributed by atoms with van der Waals surface area (Å²) >= 11 is 1.44. The van der Waals surface area contributed by atoms with Crippen LogP contribution >= 0.6 is 23.7 Å². The number of benzene rings is 1. The van der Waals surface area contributed by atoms with Crippen LogP contribution in [0.3, 0.4) is 0 Å². The average Bonchev–Trinajstić information content (AvgIpc) is 3.24. The van der Waals surface area contributed by atoms with Crippen molar-refractivity contribution in [1.29, 1.82) is 0 Å². The molecule has 2 aromatic rings. The number of hydrogen-bond donors (Lipinski definition) is 2. The first-order valence-electron chi connectivity index (χ1n) is 7.78. The normalized spacial score (nSPS) is 15.9. The molecule has 3 rings (SSSR count). The number of carbonyl (C=O) groups is 1. The van der Waals surface area contributed by atoms with Crippen LogP contribution in [0.15, 0.2) is 35.7 Å². The minimum atomic E-state index is -0.100. The number of aromatic nitrogens is 1. The van der Waals surface area contributed by atoms with Crippen LogP contribution in [0, 0.1) is 5.92 Å². The molecule has 1 aliphatic rings. The Hall–Kier alpha value is -1.43. The van der Waals surface area contributed by atoms with Gasteiger partial charge in [0.2, 0.25) is 0 Å². The quantitative estimate of drug-likeness (QED) is 0.863. The number of nitrogens with one attached hydrogen (secondary N) is 1. The van der Waals surface area contributed by atoms with Gasteiger partial charge in [-0.05, 0) is 24.3 Å². The molecule has 0 radical (unpaired) electrons. The third kappa shape index (κ3) is 4.31. The second-order valence-corrected chi connectivity index (χ2v) is 6.68. The highest BCUT2D eigenvalue weighted by Crippen LogP contribution is 2.35. The largest absolute Gasteiger partial charge is 0.344 e. The third-order valence-corrected chi connectivity index (χ3v) is 5.15. The summed E-state index contributed by atoms with van der Waals surface area (Å²) < 4.78 is 0. The summed E-state index contributed by atoms with van der Waals surface area (Å²) in [6.07, 6.45) is 4.84. The fourth-order valence-corrected chi connectivity index (χ4v) is 3.80. The Morgan fingerprint density at radius 3 is 2.61 bits per heavy atom. The molecule has 1 saturated carbocycles. The lowest BCUT2D eigenvalue weighted by atomic mass is 9.91. The first kappa shape index (κ1) is 17.9. The zero-order valence-corrected chi connectivity index (χ0v) is 14.5. The van der Waals surface area contributed by atoms with Crippen LogP contribution in [0.25, 0.3) is 0 Å². The Morgan fingerprint density at radius 1 is 1.30 bits per heavy atom. The van der Waals surface area contributed by atoms with Crippen molar-refractivity contribution in [3.63, 3.8) is 0 Å². The number of thiazole rings is 1. The fourth-order valence-electron chi connectivity index (χ4n) is 3.15. The maximum atomic E-state index is 12.5. The molecule has 1 atom stereocenters. The van der Waals surface area contributed by atoms with Gasteiger partial charge in [0.15, 0.2) is 0 Å². The standard InChI is InChI=1S/C17H21N3OS.ClH/c18-10-15-19-14(11-22-15)17(21)20-16(13-8-4-5-9-13)12-6-2-1-3-7-12;/h1-3,6-7,11,13,16H,4-5,8-10,18H2,(H,20,21);1H. The van der Waals surface area contributed by atoms with Gasteiger partial charge >= 0.3 is 0 Å². The number of hydrogen-bond acceptors (Lipinski definition) is 4. The molecule has 1 unspecified atom stereocenters. The molecule has 3 N–H and O–H groups in total. The molecule has 0 bridgehead atoms. The van der Waals surface area contributed by atoms with Crippen molar-refractivity contribution in [3.05, 3.63) is 52.0 Å². The average molecular weight is 352 g/mol. The summed E-state index contributed by atoms with van der Waals surface area (Å²) in [4.78, 5) is 16.8. The predicted molar refractivity (Wildman–Crippen MR) is 95.9 cm³/mol. The monoisotopic (exact) mass is 351 g/mol. The first-order chi connectivity index (χ1) is 10.8. The molecular formula is C17H22ClN3OS. The third-order valence-electron chi connectivity index (χ3n) is 4.28. The van der Waals surface area contributed by atoms with Gasteiger partial charge in [0.05, 0.1) is 6.04 Å². The highest BCUT2D eigenvalue weighted by atomic mass is 35.5. The van der Waals surface area contributed by atoms with Crippen molar-refractivity contribution in [2.45, 2.75) is 38.3 Å². The van der Waals surface area contributed by atoms with E-state index in [1.807, 2.05) is 18.2 Å². The van der Waals surface area contributed by atoms with Crippen LogP contribution in [-0.4, -0.2) is 10.9 Å². The highest BCUT2D eigenvalue weighted by molar-refractivity contribution is 7.09. The lowest BCUT2D eigenvalue weighted by Gasteiger charge is -2.25. The molecule has 6 heteroatoms. The fraction of sp³-hybridized carbons (Fsp3) is 0.412. The van der Waals surface area contributed by atoms with Crippen LogP contribution in [0.4, 0.5) is 0 Å². The van der Waals surface area contributed by atoms with Crippen molar-refractivity contribution in [3.8, 4) is 0 Å². The molecule has 1 aliphatic carbocycles. The van der Waals surface area contributed by atoms with Crippen LogP contribution in [-0.2, 0) is 6.54 Å². The molecule has 1 heterocycles. The van der Waals surface area contributed by atoms with Gasteiger partial charge in [0.25, 0.3) is 5.91 Å². The summed E-state index contributed by atoms with van der Waals surface area (Å²) in [5.74, 6) is 0.413. The molecule has 0 aliphatic heterocycles. The molecule has 1 amide bonds. The maximum absolute atomic E-state index is 12.5. The predicted octanol–water partition coefficient (Wildman–Crippen LogP) is 3.68. The Balaban J connectivity index is 0.00000192. The van der Waals surface area contributed by atoms with Crippen LogP contribution in [0.5, 0.6) is 0 Å². The molecular weight excluding hydrogens is 330 g/mol. The summed E-state index contributed by atoms with van der Waals surface area (Å²) in [6.45, 7) is 0.378. The van der Waals surface area contributed by atoms with Gasteiger partial charge in [-0.1, -0.05) is 43.2 Å². The van der Waals surface area contributed by atoms with E-state index in [1.165, 1.54) is 42.6 Å². The van der Waals surface area contributed by atoms with Crippen molar-refractivity contribution in [2.75, 3.05) is 0 Å². The van der Waals surface area contributed by atoms with Gasteiger partial charge in [-0.15, -0.1) is 23.7 Å². The number of nitrogens with zero attached hydrogens (tertiary/aromatic N) is 1. The minimum absolute atomic E-state index is 0. The molecule has 1 aromatic carbocycles. The van der Waals surface area contributed by atoms with E-state index in [0.717, 1.165) is 5.01 Å². The van der Waals surface area contributed by atoms with E-state index in [0.29, 0.717) is 18.2 Å². The molecule has 1 aromatic heterocycles. The molecule has 0 spiro atoms. The number of nitrogens with two attached hydrogens (primary N) is 1. The van der Waals surface area contributed by atoms with E-state index in [1.54, 1.807) is 5.38 Å². The first-order valence-corrected chi connectivity index (χ1v) is 8.66.